The van der Waals surface area contributed by atoms with Crippen LogP contribution in [0.3, 0.4) is 0 Å². The predicted molar refractivity (Wildman–Crippen MR) is 79.0 cm³/mol. The summed E-state index contributed by atoms with van der Waals surface area (Å²) in [6.07, 6.45) is 4.34. The topological polar surface area (TPSA) is 62.4 Å². The predicted octanol–water partition coefficient (Wildman–Crippen LogP) is 2.34. The fourth-order valence-corrected chi connectivity index (χ4v) is 2.97. The molecule has 0 bridgehead atoms. The molecule has 5 heteroatoms. The fourth-order valence-electron chi connectivity index (χ4n) is 2.97. The van der Waals surface area contributed by atoms with Crippen LogP contribution in [0.15, 0.2) is 30.5 Å². The zero-order chi connectivity index (χ0) is 14.8. The maximum atomic E-state index is 12.8. The number of ether oxygens (including phenoxy) is 1. The third kappa shape index (κ3) is 2.39. The van der Waals surface area contributed by atoms with Gasteiger partial charge >= 0.3 is 5.97 Å². The van der Waals surface area contributed by atoms with Crippen molar-refractivity contribution in [3.8, 4) is 0 Å². The van der Waals surface area contributed by atoms with Crippen LogP contribution >= 0.6 is 0 Å². The highest BCUT2D eigenvalue weighted by molar-refractivity contribution is 6.06. The van der Waals surface area contributed by atoms with Gasteiger partial charge in [0.25, 0.3) is 5.91 Å². The number of fused-ring (bicyclic) bond motifs is 1. The molecule has 1 unspecified atom stereocenters. The third-order valence-corrected chi connectivity index (χ3v) is 4.05. The monoisotopic (exact) mass is 286 g/mol. The third-order valence-electron chi connectivity index (χ3n) is 4.05. The number of rotatable bonds is 2. The van der Waals surface area contributed by atoms with Crippen molar-refractivity contribution in [1.29, 1.82) is 0 Å². The number of nitrogens with zero attached hydrogens (tertiary/aromatic N) is 1. The molecular weight excluding hydrogens is 268 g/mol. The lowest BCUT2D eigenvalue weighted by molar-refractivity contribution is -0.147. The highest BCUT2D eigenvalue weighted by Crippen LogP contribution is 2.24. The quantitative estimate of drug-likeness (QED) is 0.862. The van der Waals surface area contributed by atoms with Gasteiger partial charge < -0.3 is 14.6 Å². The summed E-state index contributed by atoms with van der Waals surface area (Å²) in [5, 5.41) is 0.993. The summed E-state index contributed by atoms with van der Waals surface area (Å²) in [5.74, 6) is -0.445. The average molecular weight is 286 g/mol. The van der Waals surface area contributed by atoms with Gasteiger partial charge in [0, 0.05) is 18.1 Å². The first-order valence-electron chi connectivity index (χ1n) is 7.17. The SMILES string of the molecule is COC(=O)C1CCCCN1C(=O)c1cccc2cc[nH]c12. The second-order valence-corrected chi connectivity index (χ2v) is 5.28. The van der Waals surface area contributed by atoms with E-state index in [-0.39, 0.29) is 11.9 Å². The molecule has 0 spiro atoms. The van der Waals surface area contributed by atoms with Crippen molar-refractivity contribution in [1.82, 2.24) is 9.88 Å². The molecule has 2 aromatic rings. The Bertz CT molecular complexity index is 677. The van der Waals surface area contributed by atoms with Crippen molar-refractivity contribution in [2.75, 3.05) is 13.7 Å². The van der Waals surface area contributed by atoms with Crippen molar-refractivity contribution in [3.63, 3.8) is 0 Å². The van der Waals surface area contributed by atoms with E-state index in [1.807, 2.05) is 24.4 Å². The number of aromatic nitrogens is 1. The van der Waals surface area contributed by atoms with E-state index in [9.17, 15) is 9.59 Å². The summed E-state index contributed by atoms with van der Waals surface area (Å²) in [6.45, 7) is 0.593. The van der Waals surface area contributed by atoms with Crippen molar-refractivity contribution < 1.29 is 14.3 Å². The van der Waals surface area contributed by atoms with E-state index in [1.165, 1.54) is 7.11 Å². The highest BCUT2D eigenvalue weighted by atomic mass is 16.5. The van der Waals surface area contributed by atoms with Crippen LogP contribution in [0.2, 0.25) is 0 Å². The van der Waals surface area contributed by atoms with Crippen LogP contribution in [0.4, 0.5) is 0 Å². The van der Waals surface area contributed by atoms with E-state index < -0.39 is 6.04 Å². The van der Waals surface area contributed by atoms with Gasteiger partial charge in [-0.3, -0.25) is 4.79 Å². The first-order valence-corrected chi connectivity index (χ1v) is 7.17. The molecule has 1 saturated heterocycles. The number of carbonyl (C=O) groups excluding carboxylic acids is 2. The summed E-state index contributed by atoms with van der Waals surface area (Å²) < 4.78 is 4.84. The van der Waals surface area contributed by atoms with E-state index >= 15 is 0 Å². The maximum Gasteiger partial charge on any atom is 0.328 e. The first-order chi connectivity index (χ1) is 10.2. The van der Waals surface area contributed by atoms with Crippen molar-refractivity contribution in [3.05, 3.63) is 36.0 Å². The normalized spacial score (nSPS) is 18.7. The molecular formula is C16H18N2O3. The molecule has 3 rings (SSSR count). The summed E-state index contributed by atoms with van der Waals surface area (Å²) in [4.78, 5) is 29.5. The van der Waals surface area contributed by atoms with Gasteiger partial charge in [0.1, 0.15) is 6.04 Å². The van der Waals surface area contributed by atoms with Gasteiger partial charge in [-0.2, -0.15) is 0 Å². The molecule has 2 heterocycles. The number of H-pyrrole nitrogens is 1. The summed E-state index contributed by atoms with van der Waals surface area (Å²) >= 11 is 0. The summed E-state index contributed by atoms with van der Waals surface area (Å²) in [6, 6.07) is 7.07. The number of benzene rings is 1. The number of carbonyl (C=O) groups is 2. The lowest BCUT2D eigenvalue weighted by atomic mass is 10.0. The summed E-state index contributed by atoms with van der Waals surface area (Å²) in [7, 11) is 1.37. The molecule has 110 valence electrons. The van der Waals surface area contributed by atoms with E-state index in [2.05, 4.69) is 4.98 Å². The van der Waals surface area contributed by atoms with Crippen LogP contribution in [-0.4, -0.2) is 41.5 Å². The Balaban J connectivity index is 1.96. The largest absolute Gasteiger partial charge is 0.467 e. The van der Waals surface area contributed by atoms with E-state index in [1.54, 1.807) is 11.0 Å². The Hall–Kier alpha value is -2.30. The molecule has 0 saturated carbocycles. The average Bonchev–Trinajstić information content (AvgIpc) is 3.02. The summed E-state index contributed by atoms with van der Waals surface area (Å²) in [5.41, 5.74) is 1.42. The minimum absolute atomic E-state index is 0.113. The Kier molecular flexibility index (Phi) is 3.64. The van der Waals surface area contributed by atoms with E-state index in [0.717, 1.165) is 23.7 Å². The molecule has 1 atom stereocenters. The maximum absolute atomic E-state index is 12.8. The van der Waals surface area contributed by atoms with Crippen LogP contribution < -0.4 is 0 Å². The van der Waals surface area contributed by atoms with Gasteiger partial charge in [0.2, 0.25) is 0 Å². The Morgan fingerprint density at radius 1 is 1.29 bits per heavy atom. The number of methoxy groups -OCH3 is 1. The number of esters is 1. The minimum Gasteiger partial charge on any atom is -0.467 e. The van der Waals surface area contributed by atoms with E-state index in [0.29, 0.717) is 18.5 Å². The number of nitrogens with one attached hydrogen (secondary N) is 1. The second-order valence-electron chi connectivity index (χ2n) is 5.28. The zero-order valence-corrected chi connectivity index (χ0v) is 12.0. The van der Waals surface area contributed by atoms with Crippen LogP contribution in [0.5, 0.6) is 0 Å². The van der Waals surface area contributed by atoms with Gasteiger partial charge in [-0.1, -0.05) is 12.1 Å². The molecule has 21 heavy (non-hydrogen) atoms. The molecule has 0 aliphatic carbocycles. The lowest BCUT2D eigenvalue weighted by Gasteiger charge is -2.33. The number of likely N-dealkylation sites (tertiary alicyclic amines) is 1. The number of piperidine rings is 1. The Morgan fingerprint density at radius 3 is 2.95 bits per heavy atom. The van der Waals surface area contributed by atoms with Crippen molar-refractivity contribution in [2.24, 2.45) is 0 Å². The molecule has 1 aliphatic rings. The minimum atomic E-state index is -0.471. The van der Waals surface area contributed by atoms with Crippen LogP contribution in [0, 0.1) is 0 Å². The van der Waals surface area contributed by atoms with Crippen LogP contribution in [0.25, 0.3) is 10.9 Å². The Morgan fingerprint density at radius 2 is 2.14 bits per heavy atom. The van der Waals surface area contributed by atoms with Crippen LogP contribution in [-0.2, 0) is 9.53 Å². The number of para-hydroxylation sites is 1. The van der Waals surface area contributed by atoms with Crippen LogP contribution in [0.1, 0.15) is 29.6 Å². The van der Waals surface area contributed by atoms with Crippen molar-refractivity contribution >= 4 is 22.8 Å². The zero-order valence-electron chi connectivity index (χ0n) is 12.0. The number of amides is 1. The molecule has 1 aromatic carbocycles. The lowest BCUT2D eigenvalue weighted by Crippen LogP contribution is -2.48. The van der Waals surface area contributed by atoms with Gasteiger partial charge in [-0.25, -0.2) is 4.79 Å². The smallest absolute Gasteiger partial charge is 0.328 e. The molecule has 1 aromatic heterocycles. The molecule has 0 radical (unpaired) electrons. The standard InChI is InChI=1S/C16H18N2O3/c1-21-16(20)13-7-2-3-10-18(13)15(19)12-6-4-5-11-8-9-17-14(11)12/h4-6,8-9,13,17H,2-3,7,10H2,1H3. The van der Waals surface area contributed by atoms with Gasteiger partial charge in [0.15, 0.2) is 0 Å². The highest BCUT2D eigenvalue weighted by Gasteiger charge is 2.33. The number of hydrogen-bond acceptors (Lipinski definition) is 3. The number of aromatic amines is 1. The van der Waals surface area contributed by atoms with E-state index in [4.69, 9.17) is 4.74 Å². The molecule has 1 N–H and O–H groups in total. The molecule has 5 nitrogen and oxygen atoms in total. The number of hydrogen-bond donors (Lipinski definition) is 1. The molecule has 1 aliphatic heterocycles. The van der Waals surface area contributed by atoms with Crippen molar-refractivity contribution in [2.45, 2.75) is 25.3 Å². The molecule has 1 fully saturated rings. The van der Waals surface area contributed by atoms with Gasteiger partial charge in [-0.05, 0) is 31.4 Å². The van der Waals surface area contributed by atoms with Gasteiger partial charge in [0.05, 0.1) is 18.2 Å². The second kappa shape index (κ2) is 5.60. The van der Waals surface area contributed by atoms with Gasteiger partial charge in [-0.15, -0.1) is 0 Å². The Labute approximate surface area is 122 Å². The molecule has 1 amide bonds. The first kappa shape index (κ1) is 13.7. The fraction of sp³-hybridized carbons (Fsp3) is 0.375.